The number of carbonyl (C=O) groups is 2. The van der Waals surface area contributed by atoms with Crippen molar-refractivity contribution in [2.45, 2.75) is 38.8 Å². The number of Topliss-reactive ketones (excluding diaryl/α,β-unsaturated/α-hetero) is 1. The van der Waals surface area contributed by atoms with Crippen molar-refractivity contribution in [2.75, 3.05) is 32.6 Å². The van der Waals surface area contributed by atoms with Crippen molar-refractivity contribution in [1.29, 1.82) is 0 Å². The zero-order valence-electron chi connectivity index (χ0n) is 19.9. The van der Waals surface area contributed by atoms with E-state index < -0.39 is 0 Å². The summed E-state index contributed by atoms with van der Waals surface area (Å²) >= 11 is 0. The summed E-state index contributed by atoms with van der Waals surface area (Å²) < 4.78 is 22.8. The fourth-order valence-corrected chi connectivity index (χ4v) is 4.29. The lowest BCUT2D eigenvalue weighted by Gasteiger charge is -2.35. The van der Waals surface area contributed by atoms with Crippen LogP contribution >= 0.6 is 0 Å². The number of likely N-dealkylation sites (tertiary alicyclic amines) is 1. The maximum atomic E-state index is 13.1. The van der Waals surface area contributed by atoms with Crippen molar-refractivity contribution in [3.05, 3.63) is 48.2 Å². The number of rotatable bonds is 8. The summed E-state index contributed by atoms with van der Waals surface area (Å²) in [6.07, 6.45) is 1.50. The topological polar surface area (TPSA) is 90.2 Å². The fourth-order valence-electron chi connectivity index (χ4n) is 4.29. The molecule has 0 bridgehead atoms. The second-order valence-electron chi connectivity index (χ2n) is 8.37. The molecule has 1 amide bonds. The number of nitrogens with one attached hydrogen (secondary N) is 1. The van der Waals surface area contributed by atoms with Gasteiger partial charge in [0.15, 0.2) is 23.0 Å². The van der Waals surface area contributed by atoms with Gasteiger partial charge in [0.05, 0.1) is 25.9 Å². The molecule has 2 aromatic carbocycles. The van der Waals surface area contributed by atoms with E-state index >= 15 is 0 Å². The first-order chi connectivity index (χ1) is 16.4. The summed E-state index contributed by atoms with van der Waals surface area (Å²) in [7, 11) is 3.20. The molecule has 1 N–H and O–H groups in total. The van der Waals surface area contributed by atoms with Crippen LogP contribution in [0.5, 0.6) is 17.2 Å². The van der Waals surface area contributed by atoms with Gasteiger partial charge in [-0.25, -0.2) is 0 Å². The maximum absolute atomic E-state index is 13.1. The number of furan rings is 1. The number of amides is 1. The lowest BCUT2D eigenvalue weighted by molar-refractivity contribution is -0.121. The molecule has 0 aliphatic carbocycles. The Labute approximate surface area is 198 Å². The van der Waals surface area contributed by atoms with Gasteiger partial charge in [0.25, 0.3) is 0 Å². The number of fused-ring (bicyclic) bond motifs is 1. The molecular formula is C26H30N2O6. The van der Waals surface area contributed by atoms with E-state index in [1.807, 2.05) is 43.3 Å². The predicted molar refractivity (Wildman–Crippen MR) is 129 cm³/mol. The van der Waals surface area contributed by atoms with Crippen LogP contribution in [-0.2, 0) is 4.79 Å². The Balaban J connectivity index is 1.40. The first-order valence-electron chi connectivity index (χ1n) is 11.4. The van der Waals surface area contributed by atoms with E-state index in [-0.39, 0.29) is 29.6 Å². The summed E-state index contributed by atoms with van der Waals surface area (Å²) in [4.78, 5) is 27.3. The van der Waals surface area contributed by atoms with Crippen molar-refractivity contribution < 1.29 is 28.2 Å². The van der Waals surface area contributed by atoms with Gasteiger partial charge in [-0.3, -0.25) is 14.5 Å². The molecule has 4 rings (SSSR count). The third-order valence-corrected chi connectivity index (χ3v) is 6.23. The number of carbonyl (C=O) groups excluding carboxylic acids is 2. The molecule has 1 aromatic heterocycles. The highest BCUT2D eigenvalue weighted by atomic mass is 16.5. The number of hydrogen-bond donors (Lipinski definition) is 1. The molecule has 1 fully saturated rings. The first kappa shape index (κ1) is 23.6. The predicted octanol–water partition coefficient (Wildman–Crippen LogP) is 4.52. The molecule has 2 heterocycles. The van der Waals surface area contributed by atoms with E-state index in [0.29, 0.717) is 47.0 Å². The number of nitrogens with zero attached hydrogens (tertiary/aromatic N) is 1. The van der Waals surface area contributed by atoms with Crippen molar-refractivity contribution in [3.8, 4) is 17.2 Å². The summed E-state index contributed by atoms with van der Waals surface area (Å²) in [5.41, 5.74) is 1.00. The van der Waals surface area contributed by atoms with E-state index in [4.69, 9.17) is 18.6 Å². The van der Waals surface area contributed by atoms with Crippen molar-refractivity contribution >= 4 is 28.3 Å². The number of piperidine rings is 1. The average molecular weight is 467 g/mol. The number of benzene rings is 2. The molecule has 8 heteroatoms. The molecule has 1 aliphatic rings. The van der Waals surface area contributed by atoms with Crippen LogP contribution in [-0.4, -0.2) is 56.0 Å². The molecule has 8 nitrogen and oxygen atoms in total. The summed E-state index contributed by atoms with van der Waals surface area (Å²) in [5, 5.41) is 3.65. The van der Waals surface area contributed by atoms with Gasteiger partial charge in [0.2, 0.25) is 11.7 Å². The van der Waals surface area contributed by atoms with Crippen LogP contribution in [0.15, 0.2) is 46.9 Å². The minimum absolute atomic E-state index is 0.0150. The third kappa shape index (κ3) is 4.72. The van der Waals surface area contributed by atoms with Gasteiger partial charge in [-0.1, -0.05) is 18.2 Å². The normalized spacial score (nSPS) is 15.6. The fraction of sp³-hybridized carbons (Fsp3) is 0.385. The molecule has 1 unspecified atom stereocenters. The summed E-state index contributed by atoms with van der Waals surface area (Å²) in [6.45, 7) is 4.69. The van der Waals surface area contributed by atoms with Gasteiger partial charge in [-0.05, 0) is 44.0 Å². The van der Waals surface area contributed by atoms with E-state index in [1.54, 1.807) is 20.3 Å². The van der Waals surface area contributed by atoms with Crippen LogP contribution in [0.2, 0.25) is 0 Å². The van der Waals surface area contributed by atoms with Gasteiger partial charge >= 0.3 is 0 Å². The Morgan fingerprint density at radius 3 is 2.29 bits per heavy atom. The van der Waals surface area contributed by atoms with E-state index in [2.05, 4.69) is 10.2 Å². The van der Waals surface area contributed by atoms with Gasteiger partial charge in [-0.2, -0.15) is 0 Å². The monoisotopic (exact) mass is 466 g/mol. The van der Waals surface area contributed by atoms with Crippen LogP contribution in [0, 0.1) is 0 Å². The lowest BCUT2D eigenvalue weighted by Crippen LogP contribution is -2.48. The van der Waals surface area contributed by atoms with E-state index in [0.717, 1.165) is 12.8 Å². The first-order valence-corrected chi connectivity index (χ1v) is 11.4. The number of hydrogen-bond acceptors (Lipinski definition) is 7. The average Bonchev–Trinajstić information content (AvgIpc) is 3.23. The molecule has 0 spiro atoms. The van der Waals surface area contributed by atoms with Gasteiger partial charge in [0, 0.05) is 25.4 Å². The lowest BCUT2D eigenvalue weighted by atomic mass is 10.1. The van der Waals surface area contributed by atoms with Crippen LogP contribution < -0.4 is 19.5 Å². The summed E-state index contributed by atoms with van der Waals surface area (Å²) in [5.74, 6) is 1.61. The number of anilines is 1. The van der Waals surface area contributed by atoms with Crippen molar-refractivity contribution in [2.24, 2.45) is 0 Å². The molecule has 0 radical (unpaired) electrons. The van der Waals surface area contributed by atoms with Crippen LogP contribution in [0.1, 0.15) is 37.2 Å². The minimum atomic E-state index is -0.379. The molecule has 1 saturated heterocycles. The van der Waals surface area contributed by atoms with Crippen LogP contribution in [0.25, 0.3) is 11.0 Å². The highest BCUT2D eigenvalue weighted by Crippen LogP contribution is 2.38. The quantitative estimate of drug-likeness (QED) is 0.488. The van der Waals surface area contributed by atoms with Gasteiger partial charge < -0.3 is 23.9 Å². The second kappa shape index (κ2) is 10.2. The molecular weight excluding hydrogens is 436 g/mol. The van der Waals surface area contributed by atoms with Crippen LogP contribution in [0.3, 0.4) is 0 Å². The molecule has 34 heavy (non-hydrogen) atoms. The molecule has 1 aliphatic heterocycles. The van der Waals surface area contributed by atoms with Crippen molar-refractivity contribution in [3.63, 3.8) is 0 Å². The Hall–Kier alpha value is -3.52. The largest absolute Gasteiger partial charge is 0.493 e. The minimum Gasteiger partial charge on any atom is -0.493 e. The zero-order chi connectivity index (χ0) is 24.2. The molecule has 180 valence electrons. The molecule has 0 saturated carbocycles. The van der Waals surface area contributed by atoms with Crippen LogP contribution in [0.4, 0.5) is 5.69 Å². The Morgan fingerprint density at radius 2 is 1.68 bits per heavy atom. The third-order valence-electron chi connectivity index (χ3n) is 6.23. The Morgan fingerprint density at radius 1 is 1.03 bits per heavy atom. The van der Waals surface area contributed by atoms with Gasteiger partial charge in [0.1, 0.15) is 11.7 Å². The SMILES string of the molecule is COc1cccc(OC)c1OC1CCN(C(C)C(=O)Nc2c(C(C)=O)oc3ccccc23)CC1. The zero-order valence-corrected chi connectivity index (χ0v) is 19.9. The Bertz CT molecular complexity index is 1160. The van der Waals surface area contributed by atoms with E-state index in [9.17, 15) is 9.59 Å². The number of para-hydroxylation sites is 2. The molecule has 1 atom stereocenters. The highest BCUT2D eigenvalue weighted by Gasteiger charge is 2.30. The van der Waals surface area contributed by atoms with Gasteiger partial charge in [-0.15, -0.1) is 0 Å². The summed E-state index contributed by atoms with van der Waals surface area (Å²) in [6, 6.07) is 12.5. The maximum Gasteiger partial charge on any atom is 0.241 e. The Kier molecular flexibility index (Phi) is 7.07. The number of methoxy groups -OCH3 is 2. The highest BCUT2D eigenvalue weighted by molar-refractivity contribution is 6.11. The standard InChI is InChI=1S/C26H30N2O6/c1-16(26(30)27-23-19-8-5-6-9-20(19)34-24(23)17(2)29)28-14-12-18(13-15-28)33-25-21(31-3)10-7-11-22(25)32-4/h5-11,16,18H,12-15H2,1-4H3,(H,27,30). The van der Waals surface area contributed by atoms with E-state index in [1.165, 1.54) is 6.92 Å². The van der Waals surface area contributed by atoms with Crippen molar-refractivity contribution in [1.82, 2.24) is 4.90 Å². The second-order valence-corrected chi connectivity index (χ2v) is 8.37. The number of ether oxygens (including phenoxy) is 3. The smallest absolute Gasteiger partial charge is 0.241 e. The number of ketones is 1. The molecule has 3 aromatic rings.